The van der Waals surface area contributed by atoms with E-state index in [0.29, 0.717) is 5.15 Å². The Labute approximate surface area is 98.5 Å². The van der Waals surface area contributed by atoms with Crippen LogP contribution < -0.4 is 0 Å². The second kappa shape index (κ2) is 3.22. The topological polar surface area (TPSA) is 17.8 Å². The average Bonchev–Trinajstić information content (AvgIpc) is 2.54. The number of benzene rings is 1. The van der Waals surface area contributed by atoms with Crippen molar-refractivity contribution in [3.8, 4) is 0 Å². The molecule has 3 aromatic rings. The molecule has 0 amide bonds. The molecule has 0 aliphatic carbocycles. The molecule has 3 rings (SSSR count). The van der Waals surface area contributed by atoms with Gasteiger partial charge in [0.15, 0.2) is 0 Å². The first-order chi connectivity index (χ1) is 7.68. The molecular weight excluding hydrogens is 220 g/mol. The molecule has 0 N–H and O–H groups in total. The van der Waals surface area contributed by atoms with Crippen LogP contribution in [0.15, 0.2) is 30.5 Å². The van der Waals surface area contributed by atoms with Gasteiger partial charge in [0.25, 0.3) is 0 Å². The summed E-state index contributed by atoms with van der Waals surface area (Å²) in [5.41, 5.74) is 3.64. The Hall–Kier alpha value is -1.54. The van der Waals surface area contributed by atoms with Crippen molar-refractivity contribution in [1.82, 2.24) is 9.55 Å². The minimum atomic E-state index is 0.543. The summed E-state index contributed by atoms with van der Waals surface area (Å²) in [6.45, 7) is 2.12. The van der Waals surface area contributed by atoms with Crippen LogP contribution in [0, 0.1) is 6.92 Å². The standard InChI is InChI=1S/C13H11ClN2/c1-8-4-3-5-9-10-6-12(14)15-7-11(10)16(2)13(8)9/h3-7H,1-2H3. The Kier molecular flexibility index (Phi) is 1.95. The predicted molar refractivity (Wildman–Crippen MR) is 68.0 cm³/mol. The van der Waals surface area contributed by atoms with Gasteiger partial charge in [0.2, 0.25) is 0 Å². The summed E-state index contributed by atoms with van der Waals surface area (Å²) >= 11 is 5.95. The summed E-state index contributed by atoms with van der Waals surface area (Å²) in [5, 5.41) is 2.95. The fourth-order valence-corrected chi connectivity index (χ4v) is 2.51. The predicted octanol–water partition coefficient (Wildman–Crippen LogP) is 3.69. The van der Waals surface area contributed by atoms with Gasteiger partial charge >= 0.3 is 0 Å². The third-order valence-corrected chi connectivity index (χ3v) is 3.28. The summed E-state index contributed by atoms with van der Waals surface area (Å²) in [6, 6.07) is 8.25. The van der Waals surface area contributed by atoms with Crippen molar-refractivity contribution in [3.05, 3.63) is 41.2 Å². The van der Waals surface area contributed by atoms with E-state index in [1.165, 1.54) is 21.9 Å². The Morgan fingerprint density at radius 1 is 1.25 bits per heavy atom. The van der Waals surface area contributed by atoms with Crippen molar-refractivity contribution in [2.45, 2.75) is 6.92 Å². The van der Waals surface area contributed by atoms with E-state index in [0.717, 1.165) is 5.52 Å². The summed E-state index contributed by atoms with van der Waals surface area (Å²) in [7, 11) is 2.06. The molecule has 3 heteroatoms. The fourth-order valence-electron chi connectivity index (χ4n) is 2.35. The van der Waals surface area contributed by atoms with Crippen LogP contribution in [0.2, 0.25) is 5.15 Å². The monoisotopic (exact) mass is 230 g/mol. The Morgan fingerprint density at radius 3 is 2.88 bits per heavy atom. The number of rotatable bonds is 0. The highest BCUT2D eigenvalue weighted by molar-refractivity contribution is 6.30. The van der Waals surface area contributed by atoms with Crippen LogP contribution in [0.1, 0.15) is 5.56 Å². The highest BCUT2D eigenvalue weighted by Gasteiger charge is 2.10. The fraction of sp³-hybridized carbons (Fsp3) is 0.154. The molecular formula is C13H11ClN2. The van der Waals surface area contributed by atoms with Gasteiger partial charge in [-0.05, 0) is 18.6 Å². The lowest BCUT2D eigenvalue weighted by atomic mass is 10.1. The maximum absolute atomic E-state index is 5.95. The molecule has 2 nitrogen and oxygen atoms in total. The molecule has 2 aromatic heterocycles. The Bertz CT molecular complexity index is 698. The lowest BCUT2D eigenvalue weighted by Gasteiger charge is -2.00. The van der Waals surface area contributed by atoms with E-state index in [9.17, 15) is 0 Å². The molecule has 0 spiro atoms. The molecule has 1 aromatic carbocycles. The van der Waals surface area contributed by atoms with Crippen LogP contribution in [-0.4, -0.2) is 9.55 Å². The van der Waals surface area contributed by atoms with E-state index in [-0.39, 0.29) is 0 Å². The second-order valence-electron chi connectivity index (χ2n) is 4.05. The van der Waals surface area contributed by atoms with Crippen LogP contribution in [0.3, 0.4) is 0 Å². The number of hydrogen-bond donors (Lipinski definition) is 0. The summed E-state index contributed by atoms with van der Waals surface area (Å²) in [4.78, 5) is 4.14. The van der Waals surface area contributed by atoms with E-state index < -0.39 is 0 Å². The van der Waals surface area contributed by atoms with Crippen LogP contribution in [0.5, 0.6) is 0 Å². The number of aryl methyl sites for hydroxylation is 2. The smallest absolute Gasteiger partial charge is 0.129 e. The highest BCUT2D eigenvalue weighted by atomic mass is 35.5. The van der Waals surface area contributed by atoms with Crippen molar-refractivity contribution in [2.24, 2.45) is 7.05 Å². The van der Waals surface area contributed by atoms with Gasteiger partial charge in [0.05, 0.1) is 17.2 Å². The Balaban J connectivity index is 2.65. The molecule has 0 saturated heterocycles. The largest absolute Gasteiger partial charge is 0.342 e. The number of para-hydroxylation sites is 1. The SMILES string of the molecule is Cc1cccc2c3cc(Cl)ncc3n(C)c12. The zero-order chi connectivity index (χ0) is 11.3. The molecule has 0 bridgehead atoms. The van der Waals surface area contributed by atoms with Crippen molar-refractivity contribution in [1.29, 1.82) is 0 Å². The molecule has 0 aliphatic heterocycles. The number of aromatic nitrogens is 2. The summed E-state index contributed by atoms with van der Waals surface area (Å²) in [6.07, 6.45) is 1.83. The Morgan fingerprint density at radius 2 is 2.06 bits per heavy atom. The zero-order valence-corrected chi connectivity index (χ0v) is 9.92. The van der Waals surface area contributed by atoms with Gasteiger partial charge in [0, 0.05) is 17.8 Å². The van der Waals surface area contributed by atoms with Crippen LogP contribution in [0.25, 0.3) is 21.8 Å². The number of hydrogen-bond acceptors (Lipinski definition) is 1. The maximum Gasteiger partial charge on any atom is 0.129 e. The van der Waals surface area contributed by atoms with Gasteiger partial charge in [-0.1, -0.05) is 29.8 Å². The first kappa shape index (κ1) is 9.67. The molecule has 0 saturated carbocycles. The third kappa shape index (κ3) is 1.17. The first-order valence-corrected chi connectivity index (χ1v) is 5.55. The lowest BCUT2D eigenvalue weighted by molar-refractivity contribution is 1.00. The van der Waals surface area contributed by atoms with Crippen LogP contribution in [0.4, 0.5) is 0 Å². The molecule has 0 fully saturated rings. The van der Waals surface area contributed by atoms with E-state index >= 15 is 0 Å². The molecule has 0 aliphatic rings. The van der Waals surface area contributed by atoms with Crippen molar-refractivity contribution in [2.75, 3.05) is 0 Å². The molecule has 80 valence electrons. The normalized spacial score (nSPS) is 11.4. The van der Waals surface area contributed by atoms with Crippen molar-refractivity contribution in [3.63, 3.8) is 0 Å². The quantitative estimate of drug-likeness (QED) is 0.539. The van der Waals surface area contributed by atoms with Gasteiger partial charge < -0.3 is 4.57 Å². The number of halogens is 1. The highest BCUT2D eigenvalue weighted by Crippen LogP contribution is 2.30. The third-order valence-electron chi connectivity index (χ3n) is 3.07. The van der Waals surface area contributed by atoms with Gasteiger partial charge in [-0.3, -0.25) is 0 Å². The van der Waals surface area contributed by atoms with Gasteiger partial charge in [-0.15, -0.1) is 0 Å². The molecule has 0 unspecified atom stereocenters. The van der Waals surface area contributed by atoms with E-state index in [4.69, 9.17) is 11.6 Å². The average molecular weight is 231 g/mol. The zero-order valence-electron chi connectivity index (χ0n) is 9.16. The molecule has 0 radical (unpaired) electrons. The maximum atomic E-state index is 5.95. The van der Waals surface area contributed by atoms with E-state index in [1.807, 2.05) is 12.3 Å². The van der Waals surface area contributed by atoms with Crippen LogP contribution >= 0.6 is 11.6 Å². The van der Waals surface area contributed by atoms with Gasteiger partial charge in [-0.2, -0.15) is 0 Å². The number of nitrogens with zero attached hydrogens (tertiary/aromatic N) is 2. The minimum absolute atomic E-state index is 0.543. The minimum Gasteiger partial charge on any atom is -0.342 e. The first-order valence-electron chi connectivity index (χ1n) is 5.18. The second-order valence-corrected chi connectivity index (χ2v) is 4.44. The van der Waals surface area contributed by atoms with Crippen molar-refractivity contribution < 1.29 is 0 Å². The van der Waals surface area contributed by atoms with Crippen molar-refractivity contribution >= 4 is 33.4 Å². The number of pyridine rings is 1. The van der Waals surface area contributed by atoms with Gasteiger partial charge in [-0.25, -0.2) is 4.98 Å². The molecule has 16 heavy (non-hydrogen) atoms. The summed E-state index contributed by atoms with van der Waals surface area (Å²) < 4.78 is 2.17. The molecule has 0 atom stereocenters. The van der Waals surface area contributed by atoms with Gasteiger partial charge in [0.1, 0.15) is 5.15 Å². The number of fused-ring (bicyclic) bond motifs is 3. The van der Waals surface area contributed by atoms with E-state index in [2.05, 4.69) is 41.7 Å². The van der Waals surface area contributed by atoms with Crippen LogP contribution in [-0.2, 0) is 7.05 Å². The molecule has 2 heterocycles. The lowest BCUT2D eigenvalue weighted by Crippen LogP contribution is -1.89. The van der Waals surface area contributed by atoms with E-state index in [1.54, 1.807) is 0 Å². The summed E-state index contributed by atoms with van der Waals surface area (Å²) in [5.74, 6) is 0.